The molecule has 3 heterocycles. The monoisotopic (exact) mass is 379 g/mol. The second kappa shape index (κ2) is 8.27. The van der Waals surface area contributed by atoms with Gasteiger partial charge in [0.2, 0.25) is 11.8 Å². The molecule has 1 aromatic carbocycles. The van der Waals surface area contributed by atoms with Gasteiger partial charge in [-0.3, -0.25) is 9.59 Å². The molecule has 2 amide bonds. The summed E-state index contributed by atoms with van der Waals surface area (Å²) in [6.07, 6.45) is 2.56. The SMILES string of the molecule is Cl.O=C1CCc2cc(OCCCC(=O)N3C[C@H]4CNC[C@H]4C3)ccc2N1. The minimum atomic E-state index is 0. The number of likely N-dealkylation sites (tertiary alicyclic amines) is 1. The number of rotatable bonds is 5. The average Bonchev–Trinajstić information content (AvgIpc) is 3.20. The van der Waals surface area contributed by atoms with Gasteiger partial charge in [0, 0.05) is 44.7 Å². The van der Waals surface area contributed by atoms with Crippen molar-refractivity contribution in [1.29, 1.82) is 0 Å². The second-order valence-electron chi connectivity index (χ2n) is 7.30. The summed E-state index contributed by atoms with van der Waals surface area (Å²) >= 11 is 0. The fourth-order valence-electron chi connectivity index (χ4n) is 4.08. The van der Waals surface area contributed by atoms with Crippen molar-refractivity contribution < 1.29 is 14.3 Å². The number of carbonyl (C=O) groups is 2. The molecule has 0 saturated carbocycles. The number of nitrogens with zero attached hydrogens (tertiary/aromatic N) is 1. The number of ether oxygens (including phenoxy) is 1. The normalized spacial score (nSPS) is 23.7. The van der Waals surface area contributed by atoms with E-state index in [0.717, 1.165) is 56.0 Å². The van der Waals surface area contributed by atoms with Gasteiger partial charge in [-0.2, -0.15) is 0 Å². The van der Waals surface area contributed by atoms with Gasteiger partial charge in [0.25, 0.3) is 0 Å². The molecule has 0 spiro atoms. The number of hydrogen-bond acceptors (Lipinski definition) is 4. The number of nitrogens with one attached hydrogen (secondary N) is 2. The van der Waals surface area contributed by atoms with Crippen LogP contribution in [0.15, 0.2) is 18.2 Å². The van der Waals surface area contributed by atoms with E-state index >= 15 is 0 Å². The van der Waals surface area contributed by atoms with Crippen LogP contribution in [0, 0.1) is 11.8 Å². The lowest BCUT2D eigenvalue weighted by Crippen LogP contribution is -2.31. The fourth-order valence-corrected chi connectivity index (χ4v) is 4.08. The lowest BCUT2D eigenvalue weighted by molar-refractivity contribution is -0.130. The van der Waals surface area contributed by atoms with Crippen LogP contribution in [0.2, 0.25) is 0 Å². The lowest BCUT2D eigenvalue weighted by Gasteiger charge is -2.18. The van der Waals surface area contributed by atoms with Crippen LogP contribution in [-0.4, -0.2) is 49.5 Å². The third-order valence-corrected chi connectivity index (χ3v) is 5.52. The molecule has 2 saturated heterocycles. The number of anilines is 1. The minimum Gasteiger partial charge on any atom is -0.494 e. The Labute approximate surface area is 160 Å². The number of benzene rings is 1. The first-order valence-electron chi connectivity index (χ1n) is 9.23. The van der Waals surface area contributed by atoms with Gasteiger partial charge in [-0.1, -0.05) is 0 Å². The first kappa shape index (κ1) is 19.0. The van der Waals surface area contributed by atoms with Crippen LogP contribution in [0.1, 0.15) is 24.8 Å². The van der Waals surface area contributed by atoms with Gasteiger partial charge in [0.05, 0.1) is 6.61 Å². The smallest absolute Gasteiger partial charge is 0.224 e. The van der Waals surface area contributed by atoms with Gasteiger partial charge in [-0.15, -0.1) is 12.4 Å². The van der Waals surface area contributed by atoms with Crippen LogP contribution in [0.4, 0.5) is 5.69 Å². The van der Waals surface area contributed by atoms with E-state index in [1.54, 1.807) is 0 Å². The van der Waals surface area contributed by atoms with E-state index in [9.17, 15) is 9.59 Å². The van der Waals surface area contributed by atoms with Crippen molar-refractivity contribution >= 4 is 29.9 Å². The molecule has 142 valence electrons. The third kappa shape index (κ3) is 4.13. The van der Waals surface area contributed by atoms with E-state index < -0.39 is 0 Å². The van der Waals surface area contributed by atoms with Crippen molar-refractivity contribution in [3.05, 3.63) is 23.8 Å². The van der Waals surface area contributed by atoms with Gasteiger partial charge in [-0.25, -0.2) is 0 Å². The van der Waals surface area contributed by atoms with E-state index in [2.05, 4.69) is 10.6 Å². The Balaban J connectivity index is 0.00000196. The Morgan fingerprint density at radius 3 is 2.73 bits per heavy atom. The molecule has 6 nitrogen and oxygen atoms in total. The van der Waals surface area contributed by atoms with Crippen molar-refractivity contribution in [3.63, 3.8) is 0 Å². The zero-order valence-electron chi connectivity index (χ0n) is 14.8. The topological polar surface area (TPSA) is 70.7 Å². The summed E-state index contributed by atoms with van der Waals surface area (Å²) < 4.78 is 5.79. The highest BCUT2D eigenvalue weighted by Gasteiger charge is 2.37. The molecular formula is C19H26ClN3O3. The number of amides is 2. The van der Waals surface area contributed by atoms with Crippen molar-refractivity contribution in [2.75, 3.05) is 38.1 Å². The average molecular weight is 380 g/mol. The number of carbonyl (C=O) groups excluding carboxylic acids is 2. The molecule has 2 N–H and O–H groups in total. The van der Waals surface area contributed by atoms with Gasteiger partial charge < -0.3 is 20.3 Å². The van der Waals surface area contributed by atoms with Crippen LogP contribution in [-0.2, 0) is 16.0 Å². The maximum Gasteiger partial charge on any atom is 0.224 e. The number of aryl methyl sites for hydroxylation is 1. The number of hydrogen-bond donors (Lipinski definition) is 2. The van der Waals surface area contributed by atoms with E-state index in [1.807, 2.05) is 23.1 Å². The van der Waals surface area contributed by atoms with E-state index in [4.69, 9.17) is 4.74 Å². The molecule has 4 rings (SSSR count). The highest BCUT2D eigenvalue weighted by Crippen LogP contribution is 2.28. The van der Waals surface area contributed by atoms with Crippen molar-refractivity contribution in [3.8, 4) is 5.75 Å². The molecule has 7 heteroatoms. The lowest BCUT2D eigenvalue weighted by atomic mass is 10.0. The Kier molecular flexibility index (Phi) is 6.04. The highest BCUT2D eigenvalue weighted by atomic mass is 35.5. The fraction of sp³-hybridized carbons (Fsp3) is 0.579. The molecule has 26 heavy (non-hydrogen) atoms. The predicted molar refractivity (Wildman–Crippen MR) is 102 cm³/mol. The molecule has 2 atom stereocenters. The summed E-state index contributed by atoms with van der Waals surface area (Å²) in [6.45, 7) is 4.47. The van der Waals surface area contributed by atoms with Gasteiger partial charge in [-0.05, 0) is 48.4 Å². The standard InChI is InChI=1S/C19H25N3O3.ClH/c23-18-6-3-13-8-16(4-5-17(13)21-18)25-7-1-2-19(24)22-11-14-9-20-10-15(14)12-22;/h4-5,8,14-15,20H,1-3,6-7,9-12H2,(H,21,23);1H/t14-,15+;. The van der Waals surface area contributed by atoms with Gasteiger partial charge in [0.1, 0.15) is 5.75 Å². The Morgan fingerprint density at radius 1 is 1.19 bits per heavy atom. The number of halogens is 1. The Morgan fingerprint density at radius 2 is 1.96 bits per heavy atom. The van der Waals surface area contributed by atoms with Crippen LogP contribution in [0.3, 0.4) is 0 Å². The quantitative estimate of drug-likeness (QED) is 0.766. The van der Waals surface area contributed by atoms with Crippen LogP contribution >= 0.6 is 12.4 Å². The van der Waals surface area contributed by atoms with E-state index in [-0.39, 0.29) is 24.2 Å². The minimum absolute atomic E-state index is 0. The first-order chi connectivity index (χ1) is 12.2. The molecule has 3 aliphatic rings. The highest BCUT2D eigenvalue weighted by molar-refractivity contribution is 5.94. The molecule has 0 radical (unpaired) electrons. The molecule has 0 bridgehead atoms. The molecule has 1 aromatic rings. The second-order valence-corrected chi connectivity index (χ2v) is 7.30. The summed E-state index contributed by atoms with van der Waals surface area (Å²) in [6, 6.07) is 5.76. The zero-order chi connectivity index (χ0) is 17.2. The summed E-state index contributed by atoms with van der Waals surface area (Å²) in [5.74, 6) is 2.43. The summed E-state index contributed by atoms with van der Waals surface area (Å²) in [5, 5.41) is 6.27. The van der Waals surface area contributed by atoms with Crippen molar-refractivity contribution in [2.45, 2.75) is 25.7 Å². The van der Waals surface area contributed by atoms with Crippen LogP contribution < -0.4 is 15.4 Å². The molecule has 0 aromatic heterocycles. The molecule has 2 fully saturated rings. The number of fused-ring (bicyclic) bond motifs is 2. The van der Waals surface area contributed by atoms with Crippen molar-refractivity contribution in [1.82, 2.24) is 10.2 Å². The van der Waals surface area contributed by atoms with E-state index in [1.165, 1.54) is 0 Å². The largest absolute Gasteiger partial charge is 0.494 e. The van der Waals surface area contributed by atoms with Gasteiger partial charge in [0.15, 0.2) is 0 Å². The predicted octanol–water partition coefficient (Wildman–Crippen LogP) is 1.83. The van der Waals surface area contributed by atoms with Crippen LogP contribution in [0.25, 0.3) is 0 Å². The summed E-state index contributed by atoms with van der Waals surface area (Å²) in [4.78, 5) is 25.7. The molecule has 0 aliphatic carbocycles. The first-order valence-corrected chi connectivity index (χ1v) is 9.23. The summed E-state index contributed by atoms with van der Waals surface area (Å²) in [7, 11) is 0. The Bertz CT molecular complexity index is 670. The maximum absolute atomic E-state index is 12.3. The molecular weight excluding hydrogens is 354 g/mol. The Hall–Kier alpha value is -1.79. The van der Waals surface area contributed by atoms with E-state index in [0.29, 0.717) is 31.3 Å². The molecule has 0 unspecified atom stereocenters. The third-order valence-electron chi connectivity index (χ3n) is 5.52. The molecule has 3 aliphatic heterocycles. The van der Waals surface area contributed by atoms with Crippen LogP contribution in [0.5, 0.6) is 5.75 Å². The summed E-state index contributed by atoms with van der Waals surface area (Å²) in [5.41, 5.74) is 2.00. The maximum atomic E-state index is 12.3. The van der Waals surface area contributed by atoms with Crippen molar-refractivity contribution in [2.24, 2.45) is 11.8 Å². The van der Waals surface area contributed by atoms with Gasteiger partial charge >= 0.3 is 0 Å². The zero-order valence-corrected chi connectivity index (χ0v) is 15.6.